The van der Waals surface area contributed by atoms with E-state index >= 15 is 0 Å². The van der Waals surface area contributed by atoms with E-state index in [-0.39, 0.29) is 11.9 Å². The normalized spacial score (nSPS) is 12.0. The second-order valence-electron chi connectivity index (χ2n) is 3.87. The van der Waals surface area contributed by atoms with E-state index in [1.165, 1.54) is 0 Å². The van der Waals surface area contributed by atoms with Gasteiger partial charge in [-0.25, -0.2) is 0 Å². The van der Waals surface area contributed by atoms with Crippen LogP contribution in [0.4, 0.5) is 5.69 Å². The van der Waals surface area contributed by atoms with Crippen LogP contribution in [0.15, 0.2) is 18.2 Å². The average Bonchev–Trinajstić information content (AvgIpc) is 2.36. The third kappa shape index (κ3) is 4.18. The van der Waals surface area contributed by atoms with Gasteiger partial charge in [-0.1, -0.05) is 11.6 Å². The molecule has 1 amide bonds. The summed E-state index contributed by atoms with van der Waals surface area (Å²) in [6.45, 7) is 4.86. The monoisotopic (exact) mass is 271 g/mol. The molecule has 4 N–H and O–H groups in total. The maximum absolute atomic E-state index is 12.0. The molecule has 5 nitrogen and oxygen atoms in total. The molecule has 0 saturated carbocycles. The van der Waals surface area contributed by atoms with Gasteiger partial charge < -0.3 is 15.5 Å². The summed E-state index contributed by atoms with van der Waals surface area (Å²) in [5.74, 6) is 5.11. The van der Waals surface area contributed by atoms with E-state index in [9.17, 15) is 4.79 Å². The third-order valence-corrected chi connectivity index (χ3v) is 2.57. The molecule has 0 heterocycles. The molecule has 1 rings (SSSR count). The van der Waals surface area contributed by atoms with E-state index in [1.54, 1.807) is 18.2 Å². The molecule has 0 saturated heterocycles. The van der Waals surface area contributed by atoms with Gasteiger partial charge in [0.1, 0.15) is 0 Å². The summed E-state index contributed by atoms with van der Waals surface area (Å²) in [5.41, 5.74) is 3.41. The molecule has 0 aliphatic carbocycles. The second-order valence-corrected chi connectivity index (χ2v) is 4.30. The topological polar surface area (TPSA) is 76.4 Å². The number of carbonyl (C=O) groups excluding carboxylic acids is 1. The molecule has 1 unspecified atom stereocenters. The van der Waals surface area contributed by atoms with Crippen molar-refractivity contribution in [3.05, 3.63) is 28.8 Å². The smallest absolute Gasteiger partial charge is 0.253 e. The van der Waals surface area contributed by atoms with E-state index in [4.69, 9.17) is 22.2 Å². The van der Waals surface area contributed by atoms with Crippen molar-refractivity contribution in [3.8, 4) is 0 Å². The zero-order valence-electron chi connectivity index (χ0n) is 10.5. The first-order chi connectivity index (χ1) is 8.58. The highest BCUT2D eigenvalue weighted by Crippen LogP contribution is 2.19. The summed E-state index contributed by atoms with van der Waals surface area (Å²) in [6, 6.07) is 4.81. The van der Waals surface area contributed by atoms with Crippen LogP contribution in [0.25, 0.3) is 0 Å². The SMILES string of the molecule is CCOCC(C)NC(=O)c1cc(Cl)ccc1NN. The van der Waals surface area contributed by atoms with Crippen LogP contribution in [0.5, 0.6) is 0 Å². The molecule has 0 aromatic heterocycles. The number of hydrazine groups is 1. The van der Waals surface area contributed by atoms with Gasteiger partial charge in [0.25, 0.3) is 5.91 Å². The summed E-state index contributed by atoms with van der Waals surface area (Å²) < 4.78 is 5.23. The van der Waals surface area contributed by atoms with Crippen molar-refractivity contribution in [1.29, 1.82) is 0 Å². The Bertz CT molecular complexity index is 412. The maximum atomic E-state index is 12.0. The summed E-state index contributed by atoms with van der Waals surface area (Å²) in [5, 5.41) is 3.30. The van der Waals surface area contributed by atoms with Crippen LogP contribution in [-0.2, 0) is 4.74 Å². The Morgan fingerprint density at radius 2 is 2.28 bits per heavy atom. The van der Waals surface area contributed by atoms with E-state index in [2.05, 4.69) is 10.7 Å². The highest BCUT2D eigenvalue weighted by Gasteiger charge is 2.14. The number of amides is 1. The number of nitrogens with two attached hydrogens (primary N) is 1. The highest BCUT2D eigenvalue weighted by atomic mass is 35.5. The lowest BCUT2D eigenvalue weighted by Crippen LogP contribution is -2.36. The molecule has 0 fully saturated rings. The quantitative estimate of drug-likeness (QED) is 0.544. The van der Waals surface area contributed by atoms with E-state index in [1.807, 2.05) is 13.8 Å². The van der Waals surface area contributed by atoms with Gasteiger partial charge in [-0.2, -0.15) is 0 Å². The van der Waals surface area contributed by atoms with Gasteiger partial charge in [0.15, 0.2) is 0 Å². The lowest BCUT2D eigenvalue weighted by atomic mass is 10.1. The zero-order valence-corrected chi connectivity index (χ0v) is 11.3. The van der Waals surface area contributed by atoms with Crippen molar-refractivity contribution >= 4 is 23.2 Å². The summed E-state index contributed by atoms with van der Waals surface area (Å²) >= 11 is 5.86. The van der Waals surface area contributed by atoms with Gasteiger partial charge in [0.05, 0.1) is 17.9 Å². The largest absolute Gasteiger partial charge is 0.380 e. The maximum Gasteiger partial charge on any atom is 0.253 e. The number of hydrogen-bond acceptors (Lipinski definition) is 4. The Morgan fingerprint density at radius 3 is 2.89 bits per heavy atom. The summed E-state index contributed by atoms with van der Waals surface area (Å²) in [7, 11) is 0. The Labute approximate surface area is 112 Å². The highest BCUT2D eigenvalue weighted by molar-refractivity contribution is 6.31. The van der Waals surface area contributed by atoms with E-state index in [0.717, 1.165) is 0 Å². The fourth-order valence-electron chi connectivity index (χ4n) is 1.47. The van der Waals surface area contributed by atoms with Crippen molar-refractivity contribution < 1.29 is 9.53 Å². The Hall–Kier alpha value is -1.30. The molecule has 0 aliphatic heterocycles. The van der Waals surface area contributed by atoms with Crippen LogP contribution in [0.1, 0.15) is 24.2 Å². The third-order valence-electron chi connectivity index (χ3n) is 2.33. The standard InChI is InChI=1S/C12H18ClN3O2/c1-3-18-7-8(2)15-12(17)10-6-9(13)4-5-11(10)16-14/h4-6,8,16H,3,7,14H2,1-2H3,(H,15,17). The Balaban J connectivity index is 2.74. The van der Waals surface area contributed by atoms with Crippen molar-refractivity contribution in [2.45, 2.75) is 19.9 Å². The molecular formula is C12H18ClN3O2. The molecule has 18 heavy (non-hydrogen) atoms. The minimum Gasteiger partial charge on any atom is -0.380 e. The Morgan fingerprint density at radius 1 is 1.56 bits per heavy atom. The summed E-state index contributed by atoms with van der Waals surface area (Å²) in [6.07, 6.45) is 0. The lowest BCUT2D eigenvalue weighted by molar-refractivity contribution is 0.0872. The zero-order chi connectivity index (χ0) is 13.5. The molecule has 0 radical (unpaired) electrons. The summed E-state index contributed by atoms with van der Waals surface area (Å²) in [4.78, 5) is 12.0. The van der Waals surface area contributed by atoms with Crippen LogP contribution in [-0.4, -0.2) is 25.2 Å². The van der Waals surface area contributed by atoms with Gasteiger partial charge in [-0.15, -0.1) is 0 Å². The number of nitrogens with one attached hydrogen (secondary N) is 2. The minimum absolute atomic E-state index is 0.0814. The van der Waals surface area contributed by atoms with Crippen molar-refractivity contribution in [2.75, 3.05) is 18.6 Å². The number of ether oxygens (including phenoxy) is 1. The second kappa shape index (κ2) is 7.20. The van der Waals surface area contributed by atoms with Gasteiger partial charge in [-0.3, -0.25) is 10.6 Å². The number of benzene rings is 1. The predicted octanol–water partition coefficient (Wildman–Crippen LogP) is 1.78. The number of anilines is 1. The first kappa shape index (κ1) is 14.8. The number of hydrogen-bond donors (Lipinski definition) is 3. The number of nitrogen functional groups attached to an aromatic ring is 1. The number of halogens is 1. The van der Waals surface area contributed by atoms with Crippen LogP contribution in [0, 0.1) is 0 Å². The van der Waals surface area contributed by atoms with E-state index in [0.29, 0.717) is 29.5 Å². The van der Waals surface area contributed by atoms with Crippen LogP contribution >= 0.6 is 11.6 Å². The molecule has 1 aromatic rings. The lowest BCUT2D eigenvalue weighted by Gasteiger charge is -2.15. The van der Waals surface area contributed by atoms with Crippen molar-refractivity contribution in [3.63, 3.8) is 0 Å². The fourth-order valence-corrected chi connectivity index (χ4v) is 1.64. The molecular weight excluding hydrogens is 254 g/mol. The van der Waals surface area contributed by atoms with Crippen LogP contribution < -0.4 is 16.6 Å². The molecule has 0 spiro atoms. The molecule has 1 atom stereocenters. The van der Waals surface area contributed by atoms with Gasteiger partial charge in [-0.05, 0) is 32.0 Å². The van der Waals surface area contributed by atoms with Crippen molar-refractivity contribution in [2.24, 2.45) is 5.84 Å². The average molecular weight is 272 g/mol. The van der Waals surface area contributed by atoms with Crippen molar-refractivity contribution in [1.82, 2.24) is 5.32 Å². The molecule has 0 aliphatic rings. The van der Waals surface area contributed by atoms with E-state index < -0.39 is 0 Å². The van der Waals surface area contributed by atoms with Gasteiger partial charge in [0.2, 0.25) is 0 Å². The fraction of sp³-hybridized carbons (Fsp3) is 0.417. The number of carbonyl (C=O) groups is 1. The predicted molar refractivity (Wildman–Crippen MR) is 72.7 cm³/mol. The Kier molecular flexibility index (Phi) is 5.91. The first-order valence-electron chi connectivity index (χ1n) is 5.73. The van der Waals surface area contributed by atoms with Gasteiger partial charge in [0, 0.05) is 17.7 Å². The molecule has 1 aromatic carbocycles. The molecule has 6 heteroatoms. The first-order valence-corrected chi connectivity index (χ1v) is 6.11. The number of rotatable bonds is 6. The molecule has 0 bridgehead atoms. The van der Waals surface area contributed by atoms with Crippen LogP contribution in [0.3, 0.4) is 0 Å². The molecule has 100 valence electrons. The van der Waals surface area contributed by atoms with Gasteiger partial charge >= 0.3 is 0 Å². The minimum atomic E-state index is -0.238. The van der Waals surface area contributed by atoms with Crippen LogP contribution in [0.2, 0.25) is 5.02 Å².